The summed E-state index contributed by atoms with van der Waals surface area (Å²) in [6.45, 7) is 1.25. The number of aliphatic hydroxyl groups excluding tert-OH is 1. The zero-order valence-electron chi connectivity index (χ0n) is 11.0. The predicted molar refractivity (Wildman–Crippen MR) is 73.2 cm³/mol. The van der Waals surface area contributed by atoms with E-state index in [9.17, 15) is 0 Å². The molecule has 2 fully saturated rings. The van der Waals surface area contributed by atoms with Gasteiger partial charge in [-0.3, -0.25) is 4.90 Å². The first kappa shape index (κ1) is 12.2. The fourth-order valence-electron chi connectivity index (χ4n) is 3.16. The van der Waals surface area contributed by atoms with E-state index in [1.165, 1.54) is 44.1 Å². The number of hydrogen-bond acceptors (Lipinski definition) is 2. The van der Waals surface area contributed by atoms with E-state index >= 15 is 0 Å². The van der Waals surface area contributed by atoms with Crippen LogP contribution in [0.3, 0.4) is 0 Å². The van der Waals surface area contributed by atoms with Gasteiger partial charge in [0.05, 0.1) is 6.61 Å². The van der Waals surface area contributed by atoms with Crippen LogP contribution < -0.4 is 0 Å². The maximum atomic E-state index is 9.07. The highest BCUT2D eigenvalue weighted by atomic mass is 16.3. The predicted octanol–water partition coefficient (Wildman–Crippen LogP) is 3.09. The topological polar surface area (TPSA) is 23.5 Å². The van der Waals surface area contributed by atoms with Gasteiger partial charge in [0.1, 0.15) is 0 Å². The number of hydrogen-bond donors (Lipinski definition) is 1. The molecule has 0 bridgehead atoms. The second-order valence-electron chi connectivity index (χ2n) is 5.82. The Morgan fingerprint density at radius 1 is 0.889 bits per heavy atom. The summed E-state index contributed by atoms with van der Waals surface area (Å²) >= 11 is 0. The highest BCUT2D eigenvalue weighted by Gasteiger charge is 2.34. The van der Waals surface area contributed by atoms with Crippen LogP contribution in [0.1, 0.15) is 49.7 Å². The summed E-state index contributed by atoms with van der Waals surface area (Å²) in [5, 5.41) is 9.07. The van der Waals surface area contributed by atoms with Crippen molar-refractivity contribution in [2.24, 2.45) is 0 Å². The van der Waals surface area contributed by atoms with Crippen molar-refractivity contribution < 1.29 is 5.11 Å². The molecule has 2 aliphatic carbocycles. The second kappa shape index (κ2) is 5.41. The van der Waals surface area contributed by atoms with E-state index in [4.69, 9.17) is 5.11 Å². The van der Waals surface area contributed by atoms with Crippen molar-refractivity contribution in [1.82, 2.24) is 4.90 Å². The van der Waals surface area contributed by atoms with Crippen molar-refractivity contribution in [3.63, 3.8) is 0 Å². The molecule has 2 aliphatic rings. The average Bonchev–Trinajstić information content (AvgIpc) is 3.11. The molecule has 0 aliphatic heterocycles. The van der Waals surface area contributed by atoms with E-state index in [1.54, 1.807) is 0 Å². The number of nitrogens with zero attached hydrogens (tertiary/aromatic N) is 1. The number of rotatable bonds is 5. The lowest BCUT2D eigenvalue weighted by molar-refractivity contribution is 0.179. The van der Waals surface area contributed by atoms with Crippen LogP contribution in [0, 0.1) is 0 Å². The average molecular weight is 245 g/mol. The fraction of sp³-hybridized carbons (Fsp3) is 0.625. The summed E-state index contributed by atoms with van der Waals surface area (Å²) in [7, 11) is 0. The van der Waals surface area contributed by atoms with Crippen molar-refractivity contribution in [3.05, 3.63) is 35.4 Å². The van der Waals surface area contributed by atoms with Gasteiger partial charge in [-0.1, -0.05) is 37.1 Å². The molecule has 0 aromatic heterocycles. The summed E-state index contributed by atoms with van der Waals surface area (Å²) < 4.78 is 0. The summed E-state index contributed by atoms with van der Waals surface area (Å²) in [4.78, 5) is 2.74. The van der Waals surface area contributed by atoms with E-state index in [0.29, 0.717) is 0 Å². The monoisotopic (exact) mass is 245 g/mol. The van der Waals surface area contributed by atoms with Gasteiger partial charge in [-0.15, -0.1) is 0 Å². The second-order valence-corrected chi connectivity index (χ2v) is 5.82. The lowest BCUT2D eigenvalue weighted by atomic mass is 10.1. The Morgan fingerprint density at radius 3 is 2.00 bits per heavy atom. The maximum Gasteiger partial charge on any atom is 0.0681 e. The molecule has 0 atom stereocenters. The molecular formula is C16H23NO. The third-order valence-corrected chi connectivity index (χ3v) is 4.38. The van der Waals surface area contributed by atoms with Crippen LogP contribution in [0.15, 0.2) is 24.3 Å². The molecule has 0 heterocycles. The summed E-state index contributed by atoms with van der Waals surface area (Å²) in [6, 6.07) is 10.1. The highest BCUT2D eigenvalue weighted by Crippen LogP contribution is 2.35. The van der Waals surface area contributed by atoms with E-state index < -0.39 is 0 Å². The van der Waals surface area contributed by atoms with E-state index in [0.717, 1.165) is 24.2 Å². The van der Waals surface area contributed by atoms with Gasteiger partial charge in [-0.25, -0.2) is 0 Å². The van der Waals surface area contributed by atoms with Crippen LogP contribution in [-0.4, -0.2) is 22.1 Å². The Bertz CT molecular complexity index is 377. The van der Waals surface area contributed by atoms with Crippen molar-refractivity contribution >= 4 is 0 Å². The van der Waals surface area contributed by atoms with Crippen LogP contribution in [0.4, 0.5) is 0 Å². The Kier molecular flexibility index (Phi) is 3.67. The van der Waals surface area contributed by atoms with Crippen LogP contribution in [0.25, 0.3) is 0 Å². The standard InChI is InChI=1S/C16H23NO/c18-12-14-7-5-13(6-8-14)11-17(16-9-10-16)15-3-1-2-4-15/h5-8,15-16,18H,1-4,9-12H2. The Balaban J connectivity index is 1.67. The van der Waals surface area contributed by atoms with Crippen LogP contribution in [0.2, 0.25) is 0 Å². The Morgan fingerprint density at radius 2 is 1.44 bits per heavy atom. The Labute approximate surface area is 110 Å². The summed E-state index contributed by atoms with van der Waals surface area (Å²) in [6.07, 6.45) is 8.40. The molecule has 2 saturated carbocycles. The number of aliphatic hydroxyl groups is 1. The minimum Gasteiger partial charge on any atom is -0.392 e. The molecule has 1 aromatic carbocycles. The molecule has 98 valence electrons. The van der Waals surface area contributed by atoms with Gasteiger partial charge in [0.15, 0.2) is 0 Å². The molecular weight excluding hydrogens is 222 g/mol. The van der Waals surface area contributed by atoms with Crippen molar-refractivity contribution in [2.45, 2.75) is 63.8 Å². The van der Waals surface area contributed by atoms with Crippen LogP contribution in [0.5, 0.6) is 0 Å². The normalized spacial score (nSPS) is 20.8. The molecule has 0 radical (unpaired) electrons. The molecule has 0 saturated heterocycles. The van der Waals surface area contributed by atoms with Gasteiger partial charge in [0.25, 0.3) is 0 Å². The summed E-state index contributed by atoms with van der Waals surface area (Å²) in [5.41, 5.74) is 2.41. The smallest absolute Gasteiger partial charge is 0.0681 e. The zero-order valence-corrected chi connectivity index (χ0v) is 11.0. The van der Waals surface area contributed by atoms with Crippen molar-refractivity contribution in [1.29, 1.82) is 0 Å². The van der Waals surface area contributed by atoms with Gasteiger partial charge in [0, 0.05) is 18.6 Å². The van der Waals surface area contributed by atoms with E-state index in [1.807, 2.05) is 0 Å². The van der Waals surface area contributed by atoms with Gasteiger partial charge >= 0.3 is 0 Å². The lowest BCUT2D eigenvalue weighted by Crippen LogP contribution is -2.34. The molecule has 1 N–H and O–H groups in total. The van der Waals surface area contributed by atoms with Gasteiger partial charge in [-0.2, -0.15) is 0 Å². The van der Waals surface area contributed by atoms with Crippen molar-refractivity contribution in [2.75, 3.05) is 0 Å². The molecule has 18 heavy (non-hydrogen) atoms. The minimum atomic E-state index is 0.148. The van der Waals surface area contributed by atoms with Gasteiger partial charge in [0.2, 0.25) is 0 Å². The molecule has 0 amide bonds. The molecule has 0 spiro atoms. The minimum absolute atomic E-state index is 0.148. The molecule has 2 nitrogen and oxygen atoms in total. The van der Waals surface area contributed by atoms with Gasteiger partial charge < -0.3 is 5.11 Å². The first-order valence-electron chi connectivity index (χ1n) is 7.31. The molecule has 0 unspecified atom stereocenters. The van der Waals surface area contributed by atoms with E-state index in [-0.39, 0.29) is 6.61 Å². The SMILES string of the molecule is OCc1ccc(CN(C2CCCC2)C2CC2)cc1. The highest BCUT2D eigenvalue weighted by molar-refractivity contribution is 5.22. The van der Waals surface area contributed by atoms with Crippen LogP contribution >= 0.6 is 0 Å². The fourth-order valence-corrected chi connectivity index (χ4v) is 3.16. The lowest BCUT2D eigenvalue weighted by Gasteiger charge is -2.29. The third-order valence-electron chi connectivity index (χ3n) is 4.38. The first-order valence-corrected chi connectivity index (χ1v) is 7.31. The molecule has 1 aromatic rings. The summed E-state index contributed by atoms with van der Waals surface area (Å²) in [5.74, 6) is 0. The first-order chi connectivity index (χ1) is 8.86. The zero-order chi connectivity index (χ0) is 12.4. The maximum absolute atomic E-state index is 9.07. The van der Waals surface area contributed by atoms with Gasteiger partial charge in [-0.05, 0) is 36.8 Å². The number of benzene rings is 1. The largest absolute Gasteiger partial charge is 0.392 e. The third kappa shape index (κ3) is 2.76. The molecule has 3 rings (SSSR count). The quantitative estimate of drug-likeness (QED) is 0.861. The molecule has 2 heteroatoms. The van der Waals surface area contributed by atoms with Crippen molar-refractivity contribution in [3.8, 4) is 0 Å². The Hall–Kier alpha value is -0.860. The van der Waals surface area contributed by atoms with E-state index in [2.05, 4.69) is 29.2 Å². The van der Waals surface area contributed by atoms with Crippen LogP contribution in [-0.2, 0) is 13.2 Å².